The number of aromatic nitrogens is 1. The summed E-state index contributed by atoms with van der Waals surface area (Å²) in [5.74, 6) is 0. The lowest BCUT2D eigenvalue weighted by Crippen LogP contribution is -2.15. The van der Waals surface area contributed by atoms with Crippen LogP contribution in [0, 0.1) is 13.8 Å². The van der Waals surface area contributed by atoms with Gasteiger partial charge in [0, 0.05) is 27.9 Å². The van der Waals surface area contributed by atoms with Crippen LogP contribution in [0.4, 0.5) is 0 Å². The molecule has 0 saturated carbocycles. The van der Waals surface area contributed by atoms with Crippen LogP contribution in [0.15, 0.2) is 100 Å². The van der Waals surface area contributed by atoms with E-state index in [4.69, 9.17) is 4.42 Å². The van der Waals surface area contributed by atoms with Gasteiger partial charge in [-0.1, -0.05) is 68.4 Å². The Labute approximate surface area is 225 Å². The number of hydrogen-bond acceptors (Lipinski definition) is 2. The molecular formula is C36H27NO2. The molecule has 0 amide bonds. The maximum atomic E-state index is 13.4. The van der Waals surface area contributed by atoms with Crippen molar-refractivity contribution in [1.82, 2.24) is 4.57 Å². The summed E-state index contributed by atoms with van der Waals surface area (Å²) in [5, 5.41) is 3.76. The SMILES string of the molecule is Cc1ccc2c(=O)c3ccc(-n4c5ccccc5c5c6c(ccc54)-c4ccccc4C6(C)C)cc3oc2c1C. The van der Waals surface area contributed by atoms with Gasteiger partial charge < -0.3 is 8.98 Å². The highest BCUT2D eigenvalue weighted by Gasteiger charge is 2.37. The van der Waals surface area contributed by atoms with Crippen LogP contribution in [-0.2, 0) is 5.41 Å². The van der Waals surface area contributed by atoms with Crippen LogP contribution in [0.5, 0.6) is 0 Å². The summed E-state index contributed by atoms with van der Waals surface area (Å²) in [4.78, 5) is 13.4. The summed E-state index contributed by atoms with van der Waals surface area (Å²) in [7, 11) is 0. The number of para-hydroxylation sites is 1. The highest BCUT2D eigenvalue weighted by atomic mass is 16.3. The molecule has 0 atom stereocenters. The minimum absolute atomic E-state index is 0.0143. The molecule has 0 spiro atoms. The zero-order chi connectivity index (χ0) is 26.6. The Morgan fingerprint density at radius 1 is 0.718 bits per heavy atom. The molecule has 3 nitrogen and oxygen atoms in total. The first-order valence-electron chi connectivity index (χ1n) is 13.5. The zero-order valence-electron chi connectivity index (χ0n) is 22.4. The van der Waals surface area contributed by atoms with E-state index in [2.05, 4.69) is 79.1 Å². The fourth-order valence-corrected chi connectivity index (χ4v) is 6.89. The summed E-state index contributed by atoms with van der Waals surface area (Å²) in [6, 6.07) is 31.8. The summed E-state index contributed by atoms with van der Waals surface area (Å²) < 4.78 is 8.75. The standard InChI is InChI=1S/C36H27NO2/c1-20-13-15-27-34(38)26-16-14-22(19-31(26)39-35(27)21(20)2)37-29-12-8-6-10-25(29)32-30(37)18-17-24-23-9-5-7-11-28(23)36(3,4)33(24)32/h5-19H,1-4H3. The summed E-state index contributed by atoms with van der Waals surface area (Å²) in [5.41, 5.74) is 12.0. The molecule has 0 bridgehead atoms. The number of benzene rings is 5. The highest BCUT2D eigenvalue weighted by molar-refractivity contribution is 6.14. The van der Waals surface area contributed by atoms with Gasteiger partial charge in [-0.15, -0.1) is 0 Å². The van der Waals surface area contributed by atoms with Crippen molar-refractivity contribution in [3.8, 4) is 16.8 Å². The van der Waals surface area contributed by atoms with E-state index in [9.17, 15) is 4.79 Å². The molecule has 5 aromatic carbocycles. The lowest BCUT2D eigenvalue weighted by atomic mass is 9.80. The second-order valence-electron chi connectivity index (χ2n) is 11.4. The first kappa shape index (κ1) is 22.4. The Hall–Kier alpha value is -4.63. The number of hydrogen-bond donors (Lipinski definition) is 0. The maximum Gasteiger partial charge on any atom is 0.200 e. The van der Waals surface area contributed by atoms with Crippen molar-refractivity contribution in [2.24, 2.45) is 0 Å². The first-order chi connectivity index (χ1) is 18.9. The van der Waals surface area contributed by atoms with E-state index < -0.39 is 0 Å². The van der Waals surface area contributed by atoms with Gasteiger partial charge in [-0.25, -0.2) is 0 Å². The van der Waals surface area contributed by atoms with Crippen molar-refractivity contribution >= 4 is 43.7 Å². The fourth-order valence-electron chi connectivity index (χ4n) is 6.89. The van der Waals surface area contributed by atoms with Crippen LogP contribution >= 0.6 is 0 Å². The number of fused-ring (bicyclic) bond motifs is 9. The minimum Gasteiger partial charge on any atom is -0.455 e. The van der Waals surface area contributed by atoms with Gasteiger partial charge in [-0.3, -0.25) is 4.79 Å². The van der Waals surface area contributed by atoms with E-state index in [1.165, 1.54) is 33.0 Å². The molecule has 0 fully saturated rings. The van der Waals surface area contributed by atoms with E-state index in [-0.39, 0.29) is 10.8 Å². The van der Waals surface area contributed by atoms with Gasteiger partial charge in [-0.2, -0.15) is 0 Å². The first-order valence-corrected chi connectivity index (χ1v) is 13.5. The van der Waals surface area contributed by atoms with Gasteiger partial charge in [0.1, 0.15) is 11.2 Å². The van der Waals surface area contributed by atoms with Crippen LogP contribution in [-0.4, -0.2) is 4.57 Å². The lowest BCUT2D eigenvalue weighted by molar-refractivity contribution is 0.656. The van der Waals surface area contributed by atoms with E-state index in [0.717, 1.165) is 27.8 Å². The van der Waals surface area contributed by atoms with Crippen molar-refractivity contribution in [3.05, 3.63) is 123 Å². The third-order valence-electron chi connectivity index (χ3n) is 8.96. The average molecular weight is 506 g/mol. The molecule has 0 N–H and O–H groups in total. The summed E-state index contributed by atoms with van der Waals surface area (Å²) in [6.45, 7) is 8.74. The van der Waals surface area contributed by atoms with Gasteiger partial charge in [0.05, 0.1) is 21.8 Å². The number of aryl methyl sites for hydroxylation is 2. The van der Waals surface area contributed by atoms with Crippen LogP contribution in [0.1, 0.15) is 36.1 Å². The quantitative estimate of drug-likeness (QED) is 0.209. The molecule has 3 heteroatoms. The maximum absolute atomic E-state index is 13.4. The second-order valence-corrected chi connectivity index (χ2v) is 11.4. The minimum atomic E-state index is -0.120. The van der Waals surface area contributed by atoms with E-state index in [0.29, 0.717) is 21.9 Å². The fraction of sp³-hybridized carbons (Fsp3) is 0.139. The van der Waals surface area contributed by atoms with Gasteiger partial charge in [0.25, 0.3) is 0 Å². The Morgan fingerprint density at radius 3 is 2.36 bits per heavy atom. The Morgan fingerprint density at radius 2 is 1.49 bits per heavy atom. The van der Waals surface area contributed by atoms with E-state index in [1.807, 2.05) is 44.2 Å². The highest BCUT2D eigenvalue weighted by Crippen LogP contribution is 2.53. The lowest BCUT2D eigenvalue weighted by Gasteiger charge is -2.22. The molecule has 1 aliphatic carbocycles. The van der Waals surface area contributed by atoms with Crippen LogP contribution in [0.25, 0.3) is 60.6 Å². The molecule has 0 radical (unpaired) electrons. The van der Waals surface area contributed by atoms with Gasteiger partial charge in [-0.05, 0) is 77.6 Å². The van der Waals surface area contributed by atoms with Crippen molar-refractivity contribution in [2.75, 3.05) is 0 Å². The van der Waals surface area contributed by atoms with Crippen molar-refractivity contribution in [2.45, 2.75) is 33.1 Å². The predicted octanol–water partition coefficient (Wildman–Crippen LogP) is 8.97. The topological polar surface area (TPSA) is 35.1 Å². The molecule has 39 heavy (non-hydrogen) atoms. The summed E-state index contributed by atoms with van der Waals surface area (Å²) in [6.07, 6.45) is 0. The number of rotatable bonds is 1. The average Bonchev–Trinajstić information content (AvgIpc) is 3.40. The Bertz CT molecular complexity index is 2240. The molecule has 0 unspecified atom stereocenters. The van der Waals surface area contributed by atoms with Crippen molar-refractivity contribution < 1.29 is 4.42 Å². The molecule has 8 rings (SSSR count). The van der Waals surface area contributed by atoms with Gasteiger partial charge in [0.2, 0.25) is 5.43 Å². The third-order valence-corrected chi connectivity index (χ3v) is 8.96. The molecule has 7 aromatic rings. The largest absolute Gasteiger partial charge is 0.455 e. The van der Waals surface area contributed by atoms with Crippen LogP contribution in [0.2, 0.25) is 0 Å². The molecule has 188 valence electrons. The molecular weight excluding hydrogens is 478 g/mol. The van der Waals surface area contributed by atoms with Crippen LogP contribution < -0.4 is 5.43 Å². The molecule has 0 aliphatic heterocycles. The normalized spacial score (nSPS) is 13.9. The molecule has 2 aromatic heterocycles. The monoisotopic (exact) mass is 505 g/mol. The van der Waals surface area contributed by atoms with E-state index in [1.54, 1.807) is 0 Å². The predicted molar refractivity (Wildman–Crippen MR) is 161 cm³/mol. The smallest absolute Gasteiger partial charge is 0.200 e. The zero-order valence-corrected chi connectivity index (χ0v) is 22.4. The van der Waals surface area contributed by atoms with Crippen molar-refractivity contribution in [1.29, 1.82) is 0 Å². The summed E-state index contributed by atoms with van der Waals surface area (Å²) >= 11 is 0. The van der Waals surface area contributed by atoms with Gasteiger partial charge >= 0.3 is 0 Å². The molecule has 2 heterocycles. The number of nitrogens with zero attached hydrogens (tertiary/aromatic N) is 1. The Kier molecular flexibility index (Phi) is 4.29. The molecule has 1 aliphatic rings. The molecule has 0 saturated heterocycles. The Balaban J connectivity index is 1.47. The third kappa shape index (κ3) is 2.80. The second kappa shape index (κ2) is 7.48. The van der Waals surface area contributed by atoms with Crippen molar-refractivity contribution in [3.63, 3.8) is 0 Å². The van der Waals surface area contributed by atoms with E-state index >= 15 is 0 Å². The van der Waals surface area contributed by atoms with Gasteiger partial charge in [0.15, 0.2) is 0 Å². The van der Waals surface area contributed by atoms with Crippen LogP contribution in [0.3, 0.4) is 0 Å².